The molecule has 0 aliphatic carbocycles. The number of aromatic nitrogens is 3. The van der Waals surface area contributed by atoms with Crippen LogP contribution < -0.4 is 10.1 Å². The number of hydrogen-bond acceptors (Lipinski definition) is 5. The molecule has 3 heterocycles. The number of hydrogen-bond donors (Lipinski definition) is 1. The second kappa shape index (κ2) is 9.47. The van der Waals surface area contributed by atoms with E-state index in [1.807, 2.05) is 48.8 Å². The van der Waals surface area contributed by atoms with Gasteiger partial charge in [-0.25, -0.2) is 4.98 Å². The molecule has 0 saturated carbocycles. The predicted molar refractivity (Wildman–Crippen MR) is 115 cm³/mol. The normalized spacial score (nSPS) is 11.4. The zero-order valence-corrected chi connectivity index (χ0v) is 16.8. The topological polar surface area (TPSA) is 59.9 Å². The molecule has 0 saturated heterocycles. The summed E-state index contributed by atoms with van der Waals surface area (Å²) in [6, 6.07) is 17.2. The van der Waals surface area contributed by atoms with Crippen LogP contribution in [0.15, 0.2) is 91.6 Å². The number of nitrogens with zero attached hydrogens (tertiary/aromatic N) is 3. The molecule has 32 heavy (non-hydrogen) atoms. The molecule has 1 aromatic carbocycles. The first-order valence-corrected chi connectivity index (χ1v) is 9.84. The largest absolute Gasteiger partial charge is 0.573 e. The zero-order valence-electron chi connectivity index (χ0n) is 16.8. The van der Waals surface area contributed by atoms with Crippen molar-refractivity contribution in [2.24, 2.45) is 0 Å². The number of ether oxygens (including phenoxy) is 1. The summed E-state index contributed by atoms with van der Waals surface area (Å²) >= 11 is 0. The van der Waals surface area contributed by atoms with Crippen molar-refractivity contribution in [3.8, 4) is 5.75 Å². The number of benzene rings is 1. The maximum atomic E-state index is 12.4. The van der Waals surface area contributed by atoms with Crippen molar-refractivity contribution in [1.29, 1.82) is 0 Å². The third-order valence-corrected chi connectivity index (χ3v) is 4.84. The molecule has 8 heteroatoms. The first-order chi connectivity index (χ1) is 15.5. The number of pyridine rings is 3. The minimum Gasteiger partial charge on any atom is -0.406 e. The van der Waals surface area contributed by atoms with Crippen LogP contribution >= 0.6 is 0 Å². The molecule has 0 amide bonds. The van der Waals surface area contributed by atoms with E-state index in [0.717, 1.165) is 16.7 Å². The molecule has 0 unspecified atom stereocenters. The van der Waals surface area contributed by atoms with E-state index in [2.05, 4.69) is 25.0 Å². The first kappa shape index (κ1) is 21.3. The quantitative estimate of drug-likeness (QED) is 0.392. The van der Waals surface area contributed by atoms with Crippen molar-refractivity contribution in [2.75, 3.05) is 5.32 Å². The standard InChI is InChI=1S/C24H19F3N4O/c25-24(26,27)32-21-9-7-20(8-10-21)31-23-17(4-3-13-30-23)14-22(18-5-1-11-28-15-18)19-6-2-12-29-16-19/h1-13,15-16,22H,14H2,(H,30,31). The number of halogens is 3. The zero-order chi connectivity index (χ0) is 22.4. The number of nitrogens with one attached hydrogen (secondary N) is 1. The van der Waals surface area contributed by atoms with Crippen LogP contribution in [0.2, 0.25) is 0 Å². The molecule has 0 bridgehead atoms. The van der Waals surface area contributed by atoms with Crippen LogP contribution in [-0.4, -0.2) is 21.3 Å². The molecule has 0 atom stereocenters. The maximum Gasteiger partial charge on any atom is 0.573 e. The molecule has 0 fully saturated rings. The molecule has 0 spiro atoms. The van der Waals surface area contributed by atoms with Gasteiger partial charge < -0.3 is 10.1 Å². The highest BCUT2D eigenvalue weighted by molar-refractivity contribution is 5.60. The summed E-state index contributed by atoms with van der Waals surface area (Å²) in [5.41, 5.74) is 3.63. The molecule has 4 aromatic rings. The second-order valence-corrected chi connectivity index (χ2v) is 7.04. The number of alkyl halides is 3. The van der Waals surface area contributed by atoms with Gasteiger partial charge in [0.05, 0.1) is 0 Å². The molecule has 0 aliphatic heterocycles. The first-order valence-electron chi connectivity index (χ1n) is 9.84. The van der Waals surface area contributed by atoms with E-state index >= 15 is 0 Å². The lowest BCUT2D eigenvalue weighted by molar-refractivity contribution is -0.274. The highest BCUT2D eigenvalue weighted by Crippen LogP contribution is 2.31. The minimum absolute atomic E-state index is 0.00436. The van der Waals surface area contributed by atoms with Gasteiger partial charge in [0.25, 0.3) is 0 Å². The summed E-state index contributed by atoms with van der Waals surface area (Å²) in [7, 11) is 0. The van der Waals surface area contributed by atoms with E-state index in [0.29, 0.717) is 17.9 Å². The van der Waals surface area contributed by atoms with Crippen LogP contribution in [0.25, 0.3) is 0 Å². The third kappa shape index (κ3) is 5.60. The summed E-state index contributed by atoms with van der Waals surface area (Å²) < 4.78 is 41.1. The van der Waals surface area contributed by atoms with Gasteiger partial charge in [0.15, 0.2) is 0 Å². The van der Waals surface area contributed by atoms with E-state index in [1.165, 1.54) is 24.3 Å². The lowest BCUT2D eigenvalue weighted by Crippen LogP contribution is -2.17. The Hall–Kier alpha value is -3.94. The van der Waals surface area contributed by atoms with Gasteiger partial charge in [0.2, 0.25) is 0 Å². The fraction of sp³-hybridized carbons (Fsp3) is 0.125. The average molecular weight is 436 g/mol. The monoisotopic (exact) mass is 436 g/mol. The summed E-state index contributed by atoms with van der Waals surface area (Å²) in [6.45, 7) is 0. The summed E-state index contributed by atoms with van der Waals surface area (Å²) in [5, 5.41) is 3.19. The Labute approximate surface area is 183 Å². The van der Waals surface area contributed by atoms with Gasteiger partial charge >= 0.3 is 6.36 Å². The van der Waals surface area contributed by atoms with Crippen molar-refractivity contribution in [3.63, 3.8) is 0 Å². The fourth-order valence-electron chi connectivity index (χ4n) is 3.40. The lowest BCUT2D eigenvalue weighted by atomic mass is 9.87. The number of rotatable bonds is 7. The molecule has 0 radical (unpaired) electrons. The van der Waals surface area contributed by atoms with Gasteiger partial charge in [-0.1, -0.05) is 18.2 Å². The predicted octanol–water partition coefficient (Wildman–Crippen LogP) is 5.89. The van der Waals surface area contributed by atoms with Crippen molar-refractivity contribution < 1.29 is 17.9 Å². The van der Waals surface area contributed by atoms with E-state index in [1.54, 1.807) is 18.6 Å². The van der Waals surface area contributed by atoms with Gasteiger partial charge in [-0.2, -0.15) is 0 Å². The van der Waals surface area contributed by atoms with Crippen LogP contribution in [0.5, 0.6) is 5.75 Å². The van der Waals surface area contributed by atoms with Crippen LogP contribution in [0.4, 0.5) is 24.7 Å². The average Bonchev–Trinajstić information content (AvgIpc) is 2.80. The van der Waals surface area contributed by atoms with E-state index in [4.69, 9.17) is 0 Å². The maximum absolute atomic E-state index is 12.4. The minimum atomic E-state index is -4.73. The highest BCUT2D eigenvalue weighted by atomic mass is 19.4. The Morgan fingerprint density at radius 2 is 1.44 bits per heavy atom. The Kier molecular flexibility index (Phi) is 6.30. The summed E-state index contributed by atoms with van der Waals surface area (Å²) in [5.74, 6) is 0.344. The molecule has 162 valence electrons. The van der Waals surface area contributed by atoms with Gasteiger partial charge in [-0.3, -0.25) is 9.97 Å². The van der Waals surface area contributed by atoms with Crippen LogP contribution in [0.3, 0.4) is 0 Å². The van der Waals surface area contributed by atoms with E-state index < -0.39 is 6.36 Å². The van der Waals surface area contributed by atoms with Gasteiger partial charge in [-0.05, 0) is 65.6 Å². The molecule has 0 aliphatic rings. The van der Waals surface area contributed by atoms with Crippen LogP contribution in [0, 0.1) is 0 Å². The molecule has 5 nitrogen and oxygen atoms in total. The summed E-state index contributed by atoms with van der Waals surface area (Å²) in [4.78, 5) is 12.9. The Morgan fingerprint density at radius 1 is 0.812 bits per heavy atom. The van der Waals surface area contributed by atoms with Crippen LogP contribution in [-0.2, 0) is 6.42 Å². The van der Waals surface area contributed by atoms with E-state index in [9.17, 15) is 13.2 Å². The van der Waals surface area contributed by atoms with Gasteiger partial charge in [0.1, 0.15) is 11.6 Å². The third-order valence-electron chi connectivity index (χ3n) is 4.84. The fourth-order valence-corrected chi connectivity index (χ4v) is 3.40. The smallest absolute Gasteiger partial charge is 0.406 e. The second-order valence-electron chi connectivity index (χ2n) is 7.04. The number of anilines is 2. The Balaban J connectivity index is 1.58. The Morgan fingerprint density at radius 3 is 2.00 bits per heavy atom. The molecule has 4 rings (SSSR count). The molecule has 1 N–H and O–H groups in total. The summed E-state index contributed by atoms with van der Waals surface area (Å²) in [6.07, 6.45) is 4.69. The SMILES string of the molecule is FC(F)(F)Oc1ccc(Nc2ncccc2CC(c2cccnc2)c2cccnc2)cc1. The van der Waals surface area contributed by atoms with Crippen molar-refractivity contribution in [3.05, 3.63) is 108 Å². The van der Waals surface area contributed by atoms with Crippen molar-refractivity contribution in [2.45, 2.75) is 18.7 Å². The molecule has 3 aromatic heterocycles. The van der Waals surface area contributed by atoms with Gasteiger partial charge in [0, 0.05) is 42.6 Å². The molecular weight excluding hydrogens is 417 g/mol. The Bertz CT molecular complexity index is 1100. The van der Waals surface area contributed by atoms with E-state index in [-0.39, 0.29) is 11.7 Å². The lowest BCUT2D eigenvalue weighted by Gasteiger charge is -2.19. The van der Waals surface area contributed by atoms with Crippen LogP contribution in [0.1, 0.15) is 22.6 Å². The van der Waals surface area contributed by atoms with Crippen molar-refractivity contribution >= 4 is 11.5 Å². The highest BCUT2D eigenvalue weighted by Gasteiger charge is 2.31. The van der Waals surface area contributed by atoms with Gasteiger partial charge in [-0.15, -0.1) is 13.2 Å². The molecular formula is C24H19F3N4O. The van der Waals surface area contributed by atoms with Crippen molar-refractivity contribution in [1.82, 2.24) is 15.0 Å².